The third-order valence-corrected chi connectivity index (χ3v) is 5.26. The van der Waals surface area contributed by atoms with E-state index in [9.17, 15) is 15.0 Å². The molecule has 0 aliphatic carbocycles. The van der Waals surface area contributed by atoms with Gasteiger partial charge in [-0.25, -0.2) is 0 Å². The lowest BCUT2D eigenvalue weighted by Gasteiger charge is -2.23. The summed E-state index contributed by atoms with van der Waals surface area (Å²) < 4.78 is 5.17. The third-order valence-electron chi connectivity index (χ3n) is 5.26. The van der Waals surface area contributed by atoms with Crippen LogP contribution in [0.25, 0.3) is 0 Å². The maximum absolute atomic E-state index is 11.9. The minimum absolute atomic E-state index is 0.101. The highest BCUT2D eigenvalue weighted by atomic mass is 16.6. The van der Waals surface area contributed by atoms with Gasteiger partial charge in [0.15, 0.2) is 0 Å². The molecule has 0 amide bonds. The van der Waals surface area contributed by atoms with E-state index in [1.54, 1.807) is 0 Å². The van der Waals surface area contributed by atoms with E-state index in [0.29, 0.717) is 0 Å². The van der Waals surface area contributed by atoms with Gasteiger partial charge in [0.1, 0.15) is 12.2 Å². The average molecular weight is 431 g/mol. The molecule has 0 heterocycles. The third kappa shape index (κ3) is 17.9. The van der Waals surface area contributed by atoms with Gasteiger partial charge in [-0.05, 0) is 32.1 Å². The number of rotatable bonds is 21. The van der Waals surface area contributed by atoms with Gasteiger partial charge in [-0.2, -0.15) is 0 Å². The van der Waals surface area contributed by atoms with Crippen LogP contribution in [0.15, 0.2) is 12.2 Å². The predicted octanol–water partition coefficient (Wildman–Crippen LogP) is 4.03. The van der Waals surface area contributed by atoms with Crippen molar-refractivity contribution in [3.63, 3.8) is 0 Å². The maximum atomic E-state index is 11.9. The fourth-order valence-electron chi connectivity index (χ4n) is 3.31. The molecule has 6 nitrogen and oxygen atoms in total. The normalized spacial score (nSPS) is 14.7. The van der Waals surface area contributed by atoms with E-state index in [0.717, 1.165) is 32.1 Å². The van der Waals surface area contributed by atoms with Crippen LogP contribution in [0.2, 0.25) is 0 Å². The summed E-state index contributed by atoms with van der Waals surface area (Å²) in [6.07, 6.45) is 16.8. The Labute approximate surface area is 183 Å². The molecule has 0 bridgehead atoms. The molecule has 0 saturated carbocycles. The maximum Gasteiger partial charge on any atom is 0.306 e. The fourth-order valence-corrected chi connectivity index (χ4v) is 3.31. The molecule has 30 heavy (non-hydrogen) atoms. The molecule has 0 aliphatic heterocycles. The number of carbonyl (C=O) groups excluding carboxylic acids is 1. The number of unbranched alkanes of at least 4 members (excludes halogenated alkanes) is 11. The Morgan fingerprint density at radius 2 is 1.33 bits per heavy atom. The SMILES string of the molecule is CCCCCCCC/C=C\CCCCCCCC(=O)OC(CC(O)CO)C(O)CO. The first-order chi connectivity index (χ1) is 14.5. The lowest BCUT2D eigenvalue weighted by atomic mass is 10.1. The van der Waals surface area contributed by atoms with Crippen LogP contribution >= 0.6 is 0 Å². The van der Waals surface area contributed by atoms with Crippen molar-refractivity contribution in [2.24, 2.45) is 0 Å². The van der Waals surface area contributed by atoms with Crippen LogP contribution in [-0.4, -0.2) is 57.9 Å². The monoisotopic (exact) mass is 430 g/mol. The van der Waals surface area contributed by atoms with Gasteiger partial charge in [0, 0.05) is 12.8 Å². The van der Waals surface area contributed by atoms with Crippen LogP contribution < -0.4 is 0 Å². The zero-order chi connectivity index (χ0) is 22.5. The largest absolute Gasteiger partial charge is 0.459 e. The molecule has 0 rings (SSSR count). The molecular formula is C24H46O6. The van der Waals surface area contributed by atoms with Gasteiger partial charge >= 0.3 is 5.97 Å². The van der Waals surface area contributed by atoms with E-state index in [2.05, 4.69) is 19.1 Å². The summed E-state index contributed by atoms with van der Waals surface area (Å²) in [5, 5.41) is 37.1. The van der Waals surface area contributed by atoms with Gasteiger partial charge in [0.2, 0.25) is 0 Å². The van der Waals surface area contributed by atoms with Crippen molar-refractivity contribution < 1.29 is 30.0 Å². The molecule has 0 saturated heterocycles. The van der Waals surface area contributed by atoms with Crippen molar-refractivity contribution in [1.82, 2.24) is 0 Å². The number of hydrogen-bond donors (Lipinski definition) is 4. The molecule has 0 aromatic rings. The molecule has 0 aliphatic rings. The Hall–Kier alpha value is -0.950. The van der Waals surface area contributed by atoms with Crippen LogP contribution in [0.4, 0.5) is 0 Å². The van der Waals surface area contributed by atoms with Gasteiger partial charge in [-0.15, -0.1) is 0 Å². The smallest absolute Gasteiger partial charge is 0.306 e. The topological polar surface area (TPSA) is 107 Å². The molecule has 3 atom stereocenters. The summed E-state index contributed by atoms with van der Waals surface area (Å²) in [7, 11) is 0. The second kappa shape index (κ2) is 21.3. The number of allylic oxidation sites excluding steroid dienone is 2. The van der Waals surface area contributed by atoms with Crippen molar-refractivity contribution >= 4 is 5.97 Å². The molecule has 178 valence electrons. The summed E-state index contributed by atoms with van der Waals surface area (Å²) in [5.41, 5.74) is 0. The molecule has 0 radical (unpaired) electrons. The number of esters is 1. The highest BCUT2D eigenvalue weighted by molar-refractivity contribution is 5.69. The summed E-state index contributed by atoms with van der Waals surface area (Å²) in [5.74, 6) is -0.449. The minimum atomic E-state index is -1.26. The zero-order valence-electron chi connectivity index (χ0n) is 19.0. The van der Waals surface area contributed by atoms with E-state index in [4.69, 9.17) is 14.9 Å². The lowest BCUT2D eigenvalue weighted by molar-refractivity contribution is -0.159. The summed E-state index contributed by atoms with van der Waals surface area (Å²) in [6, 6.07) is 0. The summed E-state index contributed by atoms with van der Waals surface area (Å²) in [6.45, 7) is 1.19. The standard InChI is InChI=1S/C24H46O6/c1-2-3-4-5-6-7-8-9-10-11-12-13-14-15-16-17-24(29)30-23(22(28)20-26)18-21(27)19-25/h9-10,21-23,25-28H,2-8,11-20H2,1H3/b10-9-. The van der Waals surface area contributed by atoms with E-state index in [1.165, 1.54) is 51.4 Å². The second-order valence-corrected chi connectivity index (χ2v) is 8.18. The van der Waals surface area contributed by atoms with Crippen molar-refractivity contribution in [1.29, 1.82) is 0 Å². The quantitative estimate of drug-likeness (QED) is 0.124. The van der Waals surface area contributed by atoms with Crippen LogP contribution in [0, 0.1) is 0 Å². The highest BCUT2D eigenvalue weighted by Gasteiger charge is 2.25. The van der Waals surface area contributed by atoms with Crippen molar-refractivity contribution in [3.8, 4) is 0 Å². The Kier molecular flexibility index (Phi) is 20.6. The molecule has 3 unspecified atom stereocenters. The molecular weight excluding hydrogens is 384 g/mol. The molecule has 4 N–H and O–H groups in total. The van der Waals surface area contributed by atoms with Crippen LogP contribution in [0.3, 0.4) is 0 Å². The number of ether oxygens (including phenoxy) is 1. The number of aliphatic hydroxyl groups excluding tert-OH is 4. The summed E-state index contributed by atoms with van der Waals surface area (Å²) in [4.78, 5) is 11.9. The number of hydrogen-bond acceptors (Lipinski definition) is 6. The van der Waals surface area contributed by atoms with Gasteiger partial charge < -0.3 is 25.2 Å². The zero-order valence-corrected chi connectivity index (χ0v) is 19.0. The first-order valence-electron chi connectivity index (χ1n) is 12.0. The minimum Gasteiger partial charge on any atom is -0.459 e. The molecule has 0 aromatic heterocycles. The molecule has 0 spiro atoms. The first kappa shape index (κ1) is 29.1. The van der Waals surface area contributed by atoms with Crippen LogP contribution in [0.5, 0.6) is 0 Å². The Morgan fingerprint density at radius 3 is 1.87 bits per heavy atom. The average Bonchev–Trinajstić information content (AvgIpc) is 2.75. The molecule has 0 aromatic carbocycles. The molecule has 6 heteroatoms. The van der Waals surface area contributed by atoms with E-state index in [-0.39, 0.29) is 12.8 Å². The van der Waals surface area contributed by atoms with Gasteiger partial charge in [0.05, 0.1) is 19.3 Å². The Balaban J connectivity index is 3.64. The number of carbonyl (C=O) groups is 1. The van der Waals surface area contributed by atoms with Crippen LogP contribution in [0.1, 0.15) is 103 Å². The van der Waals surface area contributed by atoms with Crippen molar-refractivity contribution in [2.75, 3.05) is 13.2 Å². The van der Waals surface area contributed by atoms with E-state index in [1.807, 2.05) is 0 Å². The molecule has 0 fully saturated rings. The first-order valence-corrected chi connectivity index (χ1v) is 12.0. The fraction of sp³-hybridized carbons (Fsp3) is 0.875. The van der Waals surface area contributed by atoms with Gasteiger partial charge in [-0.1, -0.05) is 70.4 Å². The van der Waals surface area contributed by atoms with E-state index < -0.39 is 37.5 Å². The Morgan fingerprint density at radius 1 is 0.800 bits per heavy atom. The predicted molar refractivity (Wildman–Crippen MR) is 120 cm³/mol. The number of aliphatic hydroxyl groups is 4. The van der Waals surface area contributed by atoms with E-state index >= 15 is 0 Å². The van der Waals surface area contributed by atoms with Gasteiger partial charge in [0.25, 0.3) is 0 Å². The van der Waals surface area contributed by atoms with Crippen molar-refractivity contribution in [2.45, 2.75) is 122 Å². The summed E-state index contributed by atoms with van der Waals surface area (Å²) >= 11 is 0. The van der Waals surface area contributed by atoms with Crippen LogP contribution in [-0.2, 0) is 9.53 Å². The lowest BCUT2D eigenvalue weighted by Crippen LogP contribution is -2.37. The van der Waals surface area contributed by atoms with Crippen molar-refractivity contribution in [3.05, 3.63) is 12.2 Å². The highest BCUT2D eigenvalue weighted by Crippen LogP contribution is 2.13. The Bertz CT molecular complexity index is 413. The second-order valence-electron chi connectivity index (χ2n) is 8.18. The van der Waals surface area contributed by atoms with Gasteiger partial charge in [-0.3, -0.25) is 4.79 Å².